The number of hydrogen-bond acceptors (Lipinski definition) is 6. The first-order chi connectivity index (χ1) is 10.2. The average Bonchev–Trinajstić information content (AvgIpc) is 2.98. The SMILES string of the molecule is Nc1nc(NC2CC2)sc1C(=O)NCCCN1CCCC1. The molecule has 0 radical (unpaired) electrons. The number of amides is 1. The highest BCUT2D eigenvalue weighted by molar-refractivity contribution is 7.18. The van der Waals surface area contributed by atoms with Crippen LogP contribution >= 0.6 is 11.3 Å². The highest BCUT2D eigenvalue weighted by Crippen LogP contribution is 2.30. The summed E-state index contributed by atoms with van der Waals surface area (Å²) >= 11 is 1.35. The van der Waals surface area contributed by atoms with Crippen LogP contribution < -0.4 is 16.4 Å². The minimum atomic E-state index is -0.102. The van der Waals surface area contributed by atoms with Crippen LogP contribution in [-0.2, 0) is 0 Å². The zero-order valence-electron chi connectivity index (χ0n) is 12.2. The van der Waals surface area contributed by atoms with Crippen molar-refractivity contribution >= 4 is 28.2 Å². The number of nitrogens with two attached hydrogens (primary N) is 1. The molecular weight excluding hydrogens is 286 g/mol. The van der Waals surface area contributed by atoms with E-state index in [1.165, 1.54) is 50.1 Å². The highest BCUT2D eigenvalue weighted by Gasteiger charge is 2.24. The molecule has 1 saturated carbocycles. The molecule has 7 heteroatoms. The maximum atomic E-state index is 12.1. The summed E-state index contributed by atoms with van der Waals surface area (Å²) in [6.45, 7) is 4.16. The normalized spacial score (nSPS) is 18.9. The smallest absolute Gasteiger partial charge is 0.265 e. The number of aromatic nitrogens is 1. The molecule has 21 heavy (non-hydrogen) atoms. The zero-order valence-corrected chi connectivity index (χ0v) is 13.0. The Hall–Kier alpha value is -1.34. The summed E-state index contributed by atoms with van der Waals surface area (Å²) in [4.78, 5) is 19.3. The molecule has 116 valence electrons. The van der Waals surface area contributed by atoms with Crippen molar-refractivity contribution in [2.24, 2.45) is 0 Å². The van der Waals surface area contributed by atoms with Crippen molar-refractivity contribution in [3.8, 4) is 0 Å². The molecule has 0 unspecified atom stereocenters. The van der Waals surface area contributed by atoms with Gasteiger partial charge in [-0.25, -0.2) is 4.98 Å². The lowest BCUT2D eigenvalue weighted by molar-refractivity contribution is 0.0956. The third-order valence-corrected chi connectivity index (χ3v) is 4.90. The van der Waals surface area contributed by atoms with E-state index in [1.54, 1.807) is 0 Å². The van der Waals surface area contributed by atoms with Gasteiger partial charge in [0, 0.05) is 12.6 Å². The Morgan fingerprint density at radius 1 is 1.38 bits per heavy atom. The Bertz CT molecular complexity index is 494. The standard InChI is InChI=1S/C14H23N5OS/c15-12-11(21-14(18-12)17-10-4-5-10)13(20)16-6-3-9-19-7-1-2-8-19/h10H,1-9,15H2,(H,16,20)(H,17,18). The molecule has 1 aromatic heterocycles. The lowest BCUT2D eigenvalue weighted by Gasteiger charge is -2.14. The second kappa shape index (κ2) is 6.62. The molecule has 3 rings (SSSR count). The van der Waals surface area contributed by atoms with E-state index in [0.717, 1.165) is 18.1 Å². The molecule has 0 bridgehead atoms. The molecule has 1 aliphatic carbocycles. The number of carbonyl (C=O) groups excluding carboxylic acids is 1. The lowest BCUT2D eigenvalue weighted by atomic mass is 10.3. The van der Waals surface area contributed by atoms with Crippen LogP contribution in [-0.4, -0.2) is 48.0 Å². The summed E-state index contributed by atoms with van der Waals surface area (Å²) in [5.74, 6) is 0.232. The van der Waals surface area contributed by atoms with Gasteiger partial charge in [-0.2, -0.15) is 0 Å². The summed E-state index contributed by atoms with van der Waals surface area (Å²) in [6.07, 6.45) is 5.95. The monoisotopic (exact) mass is 309 g/mol. The van der Waals surface area contributed by atoms with E-state index in [9.17, 15) is 4.79 Å². The molecule has 4 N–H and O–H groups in total. The van der Waals surface area contributed by atoms with Gasteiger partial charge < -0.3 is 21.3 Å². The van der Waals surface area contributed by atoms with E-state index in [0.29, 0.717) is 23.3 Å². The van der Waals surface area contributed by atoms with E-state index in [4.69, 9.17) is 5.73 Å². The number of nitrogen functional groups attached to an aromatic ring is 1. The molecule has 2 heterocycles. The Balaban J connectivity index is 1.42. The number of anilines is 2. The van der Waals surface area contributed by atoms with Crippen LogP contribution in [0.15, 0.2) is 0 Å². The third-order valence-electron chi connectivity index (χ3n) is 3.90. The summed E-state index contributed by atoms with van der Waals surface area (Å²) in [5.41, 5.74) is 5.83. The molecule has 2 fully saturated rings. The molecule has 1 aromatic rings. The van der Waals surface area contributed by atoms with Crippen LogP contribution in [0.3, 0.4) is 0 Å². The molecule has 2 aliphatic rings. The van der Waals surface area contributed by atoms with Crippen LogP contribution in [0.4, 0.5) is 10.9 Å². The largest absolute Gasteiger partial charge is 0.382 e. The minimum Gasteiger partial charge on any atom is -0.382 e. The van der Waals surface area contributed by atoms with Gasteiger partial charge in [0.1, 0.15) is 10.7 Å². The number of likely N-dealkylation sites (tertiary alicyclic amines) is 1. The van der Waals surface area contributed by atoms with Crippen molar-refractivity contribution in [1.29, 1.82) is 0 Å². The van der Waals surface area contributed by atoms with Gasteiger partial charge in [-0.05, 0) is 51.7 Å². The maximum absolute atomic E-state index is 12.1. The lowest BCUT2D eigenvalue weighted by Crippen LogP contribution is -2.28. The van der Waals surface area contributed by atoms with Gasteiger partial charge in [0.15, 0.2) is 5.13 Å². The summed E-state index contributed by atoms with van der Waals surface area (Å²) < 4.78 is 0. The fraction of sp³-hybridized carbons (Fsp3) is 0.714. The fourth-order valence-electron chi connectivity index (χ4n) is 2.55. The van der Waals surface area contributed by atoms with Crippen molar-refractivity contribution in [2.75, 3.05) is 37.2 Å². The summed E-state index contributed by atoms with van der Waals surface area (Å²) in [5, 5.41) is 6.98. The van der Waals surface area contributed by atoms with E-state index < -0.39 is 0 Å². The van der Waals surface area contributed by atoms with E-state index in [-0.39, 0.29) is 5.91 Å². The zero-order chi connectivity index (χ0) is 14.7. The van der Waals surface area contributed by atoms with E-state index in [2.05, 4.69) is 20.5 Å². The van der Waals surface area contributed by atoms with Gasteiger partial charge in [0.25, 0.3) is 5.91 Å². The number of thiazole rings is 1. The third kappa shape index (κ3) is 4.07. The van der Waals surface area contributed by atoms with Crippen molar-refractivity contribution in [3.05, 3.63) is 4.88 Å². The number of nitrogens with zero attached hydrogens (tertiary/aromatic N) is 2. The molecule has 0 aromatic carbocycles. The Morgan fingerprint density at radius 3 is 2.86 bits per heavy atom. The molecule has 1 aliphatic heterocycles. The van der Waals surface area contributed by atoms with Crippen LogP contribution in [0, 0.1) is 0 Å². The van der Waals surface area contributed by atoms with Crippen molar-refractivity contribution < 1.29 is 4.79 Å². The fourth-order valence-corrected chi connectivity index (χ4v) is 3.43. The van der Waals surface area contributed by atoms with E-state index in [1.807, 2.05) is 0 Å². The van der Waals surface area contributed by atoms with Crippen LogP contribution in [0.1, 0.15) is 41.8 Å². The highest BCUT2D eigenvalue weighted by atomic mass is 32.1. The quantitative estimate of drug-likeness (QED) is 0.665. The topological polar surface area (TPSA) is 83.3 Å². The molecule has 0 atom stereocenters. The number of nitrogens with one attached hydrogen (secondary N) is 2. The molecule has 1 amide bonds. The second-order valence-electron chi connectivity index (χ2n) is 5.81. The first kappa shape index (κ1) is 14.6. The molecule has 1 saturated heterocycles. The van der Waals surface area contributed by atoms with Crippen molar-refractivity contribution in [1.82, 2.24) is 15.2 Å². The summed E-state index contributed by atoms with van der Waals surface area (Å²) in [7, 11) is 0. The number of carbonyl (C=O) groups is 1. The predicted molar refractivity (Wildman–Crippen MR) is 85.8 cm³/mol. The Morgan fingerprint density at radius 2 is 2.14 bits per heavy atom. The van der Waals surface area contributed by atoms with Crippen LogP contribution in [0.5, 0.6) is 0 Å². The first-order valence-corrected chi connectivity index (χ1v) is 8.57. The Kier molecular flexibility index (Phi) is 4.60. The van der Waals surface area contributed by atoms with Crippen molar-refractivity contribution in [2.45, 2.75) is 38.1 Å². The van der Waals surface area contributed by atoms with Gasteiger partial charge >= 0.3 is 0 Å². The van der Waals surface area contributed by atoms with Gasteiger partial charge in [-0.1, -0.05) is 11.3 Å². The second-order valence-corrected chi connectivity index (χ2v) is 6.81. The van der Waals surface area contributed by atoms with Gasteiger partial charge in [0.05, 0.1) is 0 Å². The predicted octanol–water partition coefficient (Wildman–Crippen LogP) is 1.52. The first-order valence-electron chi connectivity index (χ1n) is 7.76. The summed E-state index contributed by atoms with van der Waals surface area (Å²) in [6, 6.07) is 0.520. The van der Waals surface area contributed by atoms with Crippen LogP contribution in [0.2, 0.25) is 0 Å². The molecule has 6 nitrogen and oxygen atoms in total. The molecule has 0 spiro atoms. The Labute approximate surface area is 129 Å². The van der Waals surface area contributed by atoms with Gasteiger partial charge in [-0.15, -0.1) is 0 Å². The molecular formula is C14H23N5OS. The van der Waals surface area contributed by atoms with Crippen molar-refractivity contribution in [3.63, 3.8) is 0 Å². The van der Waals surface area contributed by atoms with Gasteiger partial charge in [-0.3, -0.25) is 4.79 Å². The minimum absolute atomic E-state index is 0.102. The maximum Gasteiger partial charge on any atom is 0.265 e. The van der Waals surface area contributed by atoms with Gasteiger partial charge in [0.2, 0.25) is 0 Å². The number of rotatable bonds is 7. The average molecular weight is 309 g/mol. The van der Waals surface area contributed by atoms with E-state index >= 15 is 0 Å². The van der Waals surface area contributed by atoms with Crippen LogP contribution in [0.25, 0.3) is 0 Å². The number of hydrogen-bond donors (Lipinski definition) is 3.